The molecule has 4 rings (SSSR count). The van der Waals surface area contributed by atoms with E-state index in [0.717, 1.165) is 18.6 Å². The van der Waals surface area contributed by atoms with Crippen LogP contribution in [-0.2, 0) is 33.3 Å². The third-order valence-electron chi connectivity index (χ3n) is 7.15. The van der Waals surface area contributed by atoms with E-state index in [9.17, 15) is 28.4 Å². The van der Waals surface area contributed by atoms with Crippen molar-refractivity contribution in [2.24, 2.45) is 0 Å². The number of hydrogen-bond donors (Lipinski definition) is 2. The van der Waals surface area contributed by atoms with Gasteiger partial charge in [0.25, 0.3) is 17.7 Å². The highest BCUT2D eigenvalue weighted by molar-refractivity contribution is 6.05. The molecule has 3 atom stereocenters. The Hall–Kier alpha value is -4.56. The van der Waals surface area contributed by atoms with E-state index >= 15 is 0 Å². The number of benzene rings is 2. The number of carbonyl (C=O) groups is 5. The molecule has 0 saturated carbocycles. The molecule has 13 nitrogen and oxygen atoms in total. The summed E-state index contributed by atoms with van der Waals surface area (Å²) in [7, 11) is 0. The second-order valence-corrected chi connectivity index (χ2v) is 11.9. The number of carbonyl (C=O) groups excluding carboxylic acids is 5. The molecule has 2 N–H and O–H groups in total. The number of nitrogens with zero attached hydrogens (tertiary/aromatic N) is 2. The summed E-state index contributed by atoms with van der Waals surface area (Å²) in [6.07, 6.45) is -3.75. The van der Waals surface area contributed by atoms with Crippen molar-refractivity contribution in [2.45, 2.75) is 58.5 Å². The number of hydrogen-bond acceptors (Lipinski definition) is 9. The fourth-order valence-corrected chi connectivity index (χ4v) is 4.93. The van der Waals surface area contributed by atoms with Crippen molar-refractivity contribution in [3.63, 3.8) is 0 Å². The van der Waals surface area contributed by atoms with Gasteiger partial charge in [0.1, 0.15) is 11.4 Å². The van der Waals surface area contributed by atoms with Gasteiger partial charge in [-0.1, -0.05) is 12.1 Å². The van der Waals surface area contributed by atoms with Crippen LogP contribution in [0.4, 0.5) is 20.6 Å². The number of alkyl carbamates (subject to hydrolysis) is 1. The zero-order chi connectivity index (χ0) is 33.6. The van der Waals surface area contributed by atoms with Gasteiger partial charge in [0, 0.05) is 37.9 Å². The lowest BCUT2D eigenvalue weighted by molar-refractivity contribution is -0.167. The average molecular weight is 643 g/mol. The molecular formula is C32H39FN4O9. The van der Waals surface area contributed by atoms with E-state index in [0.29, 0.717) is 32.0 Å². The van der Waals surface area contributed by atoms with Crippen LogP contribution in [-0.4, -0.2) is 91.9 Å². The number of amides is 4. The third kappa shape index (κ3) is 8.79. The fourth-order valence-electron chi connectivity index (χ4n) is 4.93. The van der Waals surface area contributed by atoms with E-state index in [1.165, 1.54) is 21.9 Å². The van der Waals surface area contributed by atoms with Crippen molar-refractivity contribution in [1.82, 2.24) is 10.2 Å². The maximum atomic E-state index is 14.7. The Kier molecular flexibility index (Phi) is 11.0. The molecule has 2 fully saturated rings. The van der Waals surface area contributed by atoms with Crippen molar-refractivity contribution in [2.75, 3.05) is 49.7 Å². The fraction of sp³-hybridized carbons (Fsp3) is 0.469. The van der Waals surface area contributed by atoms with Crippen molar-refractivity contribution < 1.29 is 47.3 Å². The van der Waals surface area contributed by atoms with Gasteiger partial charge in [-0.25, -0.2) is 9.18 Å². The smallest absolute Gasteiger partial charge is 0.408 e. The summed E-state index contributed by atoms with van der Waals surface area (Å²) in [6, 6.07) is 9.90. The molecule has 2 saturated heterocycles. The molecule has 0 radical (unpaired) electrons. The lowest BCUT2D eigenvalue weighted by atomic mass is 10.1. The molecule has 248 valence electrons. The number of anilines is 2. The SMILES string of the molecule is CC(=O)OC(C(=O)Nc1ccc([C@@H](C)NC(=O)OC(C)(C)C)cc1)C1OCCN(c2ccc(F)c(C(=O)N3CCOCC3)c2)C1=O. The van der Waals surface area contributed by atoms with Crippen molar-refractivity contribution in [3.8, 4) is 0 Å². The number of morpholine rings is 2. The van der Waals surface area contributed by atoms with Crippen LogP contribution in [0.5, 0.6) is 0 Å². The Labute approximate surface area is 266 Å². The molecule has 2 aromatic carbocycles. The highest BCUT2D eigenvalue weighted by Gasteiger charge is 2.43. The van der Waals surface area contributed by atoms with E-state index in [1.54, 1.807) is 52.0 Å². The van der Waals surface area contributed by atoms with Crippen molar-refractivity contribution >= 4 is 41.2 Å². The first kappa shape index (κ1) is 34.3. The normalized spacial score (nSPS) is 18.3. The summed E-state index contributed by atoms with van der Waals surface area (Å²) >= 11 is 0. The Morgan fingerprint density at radius 1 is 1.00 bits per heavy atom. The van der Waals surface area contributed by atoms with Gasteiger partial charge in [-0.2, -0.15) is 0 Å². The minimum absolute atomic E-state index is 0.0250. The second-order valence-electron chi connectivity index (χ2n) is 11.9. The first-order valence-electron chi connectivity index (χ1n) is 14.9. The van der Waals surface area contributed by atoms with Crippen LogP contribution in [0.3, 0.4) is 0 Å². The number of rotatable bonds is 8. The van der Waals surface area contributed by atoms with Crippen molar-refractivity contribution in [3.05, 3.63) is 59.4 Å². The highest BCUT2D eigenvalue weighted by Crippen LogP contribution is 2.26. The lowest BCUT2D eigenvalue weighted by Crippen LogP contribution is -2.56. The first-order valence-corrected chi connectivity index (χ1v) is 14.9. The molecule has 0 spiro atoms. The molecule has 2 aliphatic rings. The predicted molar refractivity (Wildman–Crippen MR) is 164 cm³/mol. The second kappa shape index (κ2) is 14.7. The molecule has 4 amide bonds. The van der Waals surface area contributed by atoms with E-state index < -0.39 is 59.5 Å². The minimum atomic E-state index is -1.66. The summed E-state index contributed by atoms with van der Waals surface area (Å²) in [5, 5.41) is 5.37. The highest BCUT2D eigenvalue weighted by atomic mass is 19.1. The molecule has 0 aliphatic carbocycles. The van der Waals surface area contributed by atoms with E-state index in [4.69, 9.17) is 18.9 Å². The van der Waals surface area contributed by atoms with Gasteiger partial charge in [0.2, 0.25) is 6.10 Å². The lowest BCUT2D eigenvalue weighted by Gasteiger charge is -2.35. The van der Waals surface area contributed by atoms with Gasteiger partial charge >= 0.3 is 12.1 Å². The maximum absolute atomic E-state index is 14.7. The third-order valence-corrected chi connectivity index (χ3v) is 7.15. The zero-order valence-electron chi connectivity index (χ0n) is 26.5. The van der Waals surface area contributed by atoms with Crippen LogP contribution in [0.1, 0.15) is 56.6 Å². The van der Waals surface area contributed by atoms with E-state index in [1.807, 2.05) is 0 Å². The monoisotopic (exact) mass is 642 g/mol. The Morgan fingerprint density at radius 2 is 1.67 bits per heavy atom. The number of ether oxygens (including phenoxy) is 4. The Morgan fingerprint density at radius 3 is 2.30 bits per heavy atom. The van der Waals surface area contributed by atoms with Crippen LogP contribution in [0.25, 0.3) is 0 Å². The summed E-state index contributed by atoms with van der Waals surface area (Å²) < 4.78 is 36.2. The predicted octanol–water partition coefficient (Wildman–Crippen LogP) is 3.19. The molecule has 46 heavy (non-hydrogen) atoms. The largest absolute Gasteiger partial charge is 0.449 e. The standard InChI is InChI=1S/C32H39FN4O9/c1-19(34-31(42)46-32(3,4)5)21-6-8-22(9-7-21)35-28(39)26(45-20(2)38)27-30(41)37(14-17-44-27)23-10-11-25(33)24(18-23)29(40)36-12-15-43-16-13-36/h6-11,18-19,26-27H,12-17H2,1-5H3,(H,34,42)(H,35,39)/t19-,26?,27?/m1/s1. The van der Waals surface area contributed by atoms with Gasteiger partial charge in [-0.15, -0.1) is 0 Å². The van der Waals surface area contributed by atoms with Crippen LogP contribution in [0.15, 0.2) is 42.5 Å². The molecule has 2 heterocycles. The number of nitrogens with one attached hydrogen (secondary N) is 2. The summed E-state index contributed by atoms with van der Waals surface area (Å²) in [4.78, 5) is 66.9. The molecule has 0 bridgehead atoms. The topological polar surface area (TPSA) is 153 Å². The molecule has 14 heteroatoms. The quantitative estimate of drug-likeness (QED) is 0.414. The molecule has 2 aromatic rings. The van der Waals surface area contributed by atoms with Gasteiger partial charge in [0.15, 0.2) is 6.10 Å². The minimum Gasteiger partial charge on any atom is -0.449 e. The van der Waals surface area contributed by atoms with Gasteiger partial charge in [0.05, 0.1) is 31.4 Å². The van der Waals surface area contributed by atoms with Crippen LogP contribution in [0, 0.1) is 5.82 Å². The van der Waals surface area contributed by atoms with Crippen LogP contribution >= 0.6 is 0 Å². The van der Waals surface area contributed by atoms with Gasteiger partial charge in [-0.05, 0) is 63.6 Å². The van der Waals surface area contributed by atoms with Gasteiger partial charge < -0.3 is 39.4 Å². The Balaban J connectivity index is 1.47. The summed E-state index contributed by atoms with van der Waals surface area (Å²) in [5.74, 6) is -3.60. The van der Waals surface area contributed by atoms with Crippen molar-refractivity contribution in [1.29, 1.82) is 0 Å². The van der Waals surface area contributed by atoms with E-state index in [2.05, 4.69) is 10.6 Å². The Bertz CT molecular complexity index is 1450. The molecule has 2 aliphatic heterocycles. The van der Waals surface area contributed by atoms with Gasteiger partial charge in [-0.3, -0.25) is 19.2 Å². The van der Waals surface area contributed by atoms with E-state index in [-0.39, 0.29) is 24.4 Å². The van der Waals surface area contributed by atoms with Crippen LogP contribution in [0.2, 0.25) is 0 Å². The maximum Gasteiger partial charge on any atom is 0.408 e. The average Bonchev–Trinajstić information content (AvgIpc) is 3.00. The van der Waals surface area contributed by atoms with Crippen LogP contribution < -0.4 is 15.5 Å². The molecule has 2 unspecified atom stereocenters. The molecule has 0 aromatic heterocycles. The summed E-state index contributed by atoms with van der Waals surface area (Å²) in [5.41, 5.74) is 0.431. The summed E-state index contributed by atoms with van der Waals surface area (Å²) in [6.45, 7) is 9.48. The number of halogens is 1. The number of esters is 1. The molecular weight excluding hydrogens is 603 g/mol. The zero-order valence-corrected chi connectivity index (χ0v) is 26.5. The first-order chi connectivity index (χ1) is 21.7.